The lowest BCUT2D eigenvalue weighted by Crippen LogP contribution is -2.45. The Labute approximate surface area is 87.4 Å². The summed E-state index contributed by atoms with van der Waals surface area (Å²) in [6.45, 7) is 7.28. The van der Waals surface area contributed by atoms with E-state index in [1.54, 1.807) is 0 Å². The Hall–Kier alpha value is -0.340. The average molecular weight is 194 g/mol. The molecule has 0 aliphatic carbocycles. The van der Waals surface area contributed by atoms with Gasteiger partial charge in [0.05, 0.1) is 0 Å². The predicted octanol–water partition coefficient (Wildman–Crippen LogP) is 1.64. The fourth-order valence-electron chi connectivity index (χ4n) is 2.55. The smallest absolute Gasteiger partial charge is 0.0163 e. The molecule has 2 aliphatic heterocycles. The molecule has 2 heteroatoms. The Balaban J connectivity index is 1.80. The van der Waals surface area contributed by atoms with Crippen LogP contribution in [0.3, 0.4) is 0 Å². The van der Waals surface area contributed by atoms with Crippen LogP contribution in [0.25, 0.3) is 0 Å². The molecule has 2 atom stereocenters. The Kier molecular flexibility index (Phi) is 3.60. The van der Waals surface area contributed by atoms with Gasteiger partial charge in [0.25, 0.3) is 0 Å². The summed E-state index contributed by atoms with van der Waals surface area (Å²) >= 11 is 0. The maximum atomic E-state index is 3.58. The topological polar surface area (TPSA) is 15.3 Å². The minimum atomic E-state index is 0.717. The third kappa shape index (κ3) is 2.58. The third-order valence-electron chi connectivity index (χ3n) is 3.56. The molecule has 2 rings (SSSR count). The van der Waals surface area contributed by atoms with Gasteiger partial charge >= 0.3 is 0 Å². The summed E-state index contributed by atoms with van der Waals surface area (Å²) in [4.78, 5) is 2.59. The monoisotopic (exact) mass is 194 g/mol. The van der Waals surface area contributed by atoms with E-state index in [1.165, 1.54) is 45.4 Å². The van der Waals surface area contributed by atoms with Gasteiger partial charge in [-0.15, -0.1) is 0 Å². The molecule has 2 unspecified atom stereocenters. The molecule has 1 N–H and O–H groups in total. The van der Waals surface area contributed by atoms with E-state index in [2.05, 4.69) is 29.3 Å². The molecule has 0 saturated carbocycles. The van der Waals surface area contributed by atoms with Crippen LogP contribution in [0.4, 0.5) is 0 Å². The van der Waals surface area contributed by atoms with Gasteiger partial charge in [-0.05, 0) is 38.6 Å². The number of rotatable bonds is 2. The molecule has 1 fully saturated rings. The third-order valence-corrected chi connectivity index (χ3v) is 3.56. The second-order valence-corrected chi connectivity index (χ2v) is 4.66. The summed E-state index contributed by atoms with van der Waals surface area (Å²) in [6, 6.07) is 0.717. The molecule has 0 amide bonds. The Morgan fingerprint density at radius 1 is 1.43 bits per heavy atom. The normalized spacial score (nSPS) is 34.6. The van der Waals surface area contributed by atoms with E-state index in [0.717, 1.165) is 12.0 Å². The van der Waals surface area contributed by atoms with Gasteiger partial charge < -0.3 is 5.32 Å². The van der Waals surface area contributed by atoms with Crippen LogP contribution in [0.15, 0.2) is 12.2 Å². The van der Waals surface area contributed by atoms with Crippen LogP contribution in [0.1, 0.15) is 26.2 Å². The molecule has 14 heavy (non-hydrogen) atoms. The number of piperidine rings is 1. The first-order valence-electron chi connectivity index (χ1n) is 5.97. The van der Waals surface area contributed by atoms with Gasteiger partial charge in [0.15, 0.2) is 0 Å². The highest BCUT2D eigenvalue weighted by molar-refractivity contribution is 4.92. The van der Waals surface area contributed by atoms with Crippen LogP contribution < -0.4 is 5.32 Å². The first-order valence-corrected chi connectivity index (χ1v) is 5.97. The predicted molar refractivity (Wildman–Crippen MR) is 60.4 cm³/mol. The van der Waals surface area contributed by atoms with E-state index in [-0.39, 0.29) is 0 Å². The minimum absolute atomic E-state index is 0.717. The summed E-state index contributed by atoms with van der Waals surface area (Å²) in [5.41, 5.74) is 0. The minimum Gasteiger partial charge on any atom is -0.314 e. The zero-order chi connectivity index (χ0) is 9.80. The van der Waals surface area contributed by atoms with Crippen molar-refractivity contribution in [1.29, 1.82) is 0 Å². The summed E-state index contributed by atoms with van der Waals surface area (Å²) in [7, 11) is 0. The van der Waals surface area contributed by atoms with Crippen LogP contribution in [0.5, 0.6) is 0 Å². The lowest BCUT2D eigenvalue weighted by atomic mass is 9.91. The van der Waals surface area contributed by atoms with E-state index >= 15 is 0 Å². The largest absolute Gasteiger partial charge is 0.314 e. The number of hydrogen-bond donors (Lipinski definition) is 1. The highest BCUT2D eigenvalue weighted by atomic mass is 15.1. The van der Waals surface area contributed by atoms with Crippen molar-refractivity contribution in [3.63, 3.8) is 0 Å². The highest BCUT2D eigenvalue weighted by Gasteiger charge is 2.22. The molecule has 1 saturated heterocycles. The second kappa shape index (κ2) is 4.94. The molecule has 2 nitrogen and oxygen atoms in total. The maximum absolute atomic E-state index is 3.58. The number of nitrogens with one attached hydrogen (secondary N) is 1. The van der Waals surface area contributed by atoms with Crippen LogP contribution >= 0.6 is 0 Å². The van der Waals surface area contributed by atoms with Gasteiger partial charge in [-0.2, -0.15) is 0 Å². The first kappa shape index (κ1) is 10.2. The van der Waals surface area contributed by atoms with E-state index in [1.807, 2.05) is 0 Å². The van der Waals surface area contributed by atoms with E-state index < -0.39 is 0 Å². The van der Waals surface area contributed by atoms with Crippen molar-refractivity contribution in [2.24, 2.45) is 5.92 Å². The quantitative estimate of drug-likeness (QED) is 0.672. The molecule has 0 aromatic heterocycles. The van der Waals surface area contributed by atoms with E-state index in [0.29, 0.717) is 0 Å². The van der Waals surface area contributed by atoms with Crippen molar-refractivity contribution in [3.05, 3.63) is 12.2 Å². The van der Waals surface area contributed by atoms with Crippen molar-refractivity contribution in [3.8, 4) is 0 Å². The lowest BCUT2D eigenvalue weighted by molar-refractivity contribution is 0.191. The van der Waals surface area contributed by atoms with Gasteiger partial charge in [-0.3, -0.25) is 4.90 Å². The lowest BCUT2D eigenvalue weighted by Gasteiger charge is -2.34. The fraction of sp³-hybridized carbons (Fsp3) is 0.833. The summed E-state index contributed by atoms with van der Waals surface area (Å²) < 4.78 is 0. The molecule has 2 aliphatic rings. The van der Waals surface area contributed by atoms with Gasteiger partial charge in [-0.25, -0.2) is 0 Å². The average Bonchev–Trinajstić information content (AvgIpc) is 2.23. The molecular weight excluding hydrogens is 172 g/mol. The maximum Gasteiger partial charge on any atom is 0.0163 e. The molecule has 0 aromatic carbocycles. The van der Waals surface area contributed by atoms with Crippen molar-refractivity contribution < 1.29 is 0 Å². The van der Waals surface area contributed by atoms with Crippen molar-refractivity contribution in [2.45, 2.75) is 32.2 Å². The highest BCUT2D eigenvalue weighted by Crippen LogP contribution is 2.18. The summed E-state index contributed by atoms with van der Waals surface area (Å²) in [6.07, 6.45) is 8.63. The molecule has 2 heterocycles. The Bertz CT molecular complexity index is 200. The summed E-state index contributed by atoms with van der Waals surface area (Å²) in [5, 5.41) is 3.58. The SMILES string of the molecule is CC1NCCCC1CN1CC=CCC1. The molecule has 80 valence electrons. The zero-order valence-corrected chi connectivity index (χ0v) is 9.21. The Morgan fingerprint density at radius 3 is 3.07 bits per heavy atom. The fourth-order valence-corrected chi connectivity index (χ4v) is 2.55. The van der Waals surface area contributed by atoms with Crippen molar-refractivity contribution >= 4 is 0 Å². The molecule has 0 aromatic rings. The first-order chi connectivity index (χ1) is 6.86. The van der Waals surface area contributed by atoms with Gasteiger partial charge in [0.1, 0.15) is 0 Å². The van der Waals surface area contributed by atoms with Crippen molar-refractivity contribution in [2.75, 3.05) is 26.2 Å². The van der Waals surface area contributed by atoms with Gasteiger partial charge in [0.2, 0.25) is 0 Å². The van der Waals surface area contributed by atoms with E-state index in [4.69, 9.17) is 0 Å². The Morgan fingerprint density at radius 2 is 2.36 bits per heavy atom. The number of nitrogens with zero attached hydrogens (tertiary/aromatic N) is 1. The van der Waals surface area contributed by atoms with Crippen LogP contribution in [0.2, 0.25) is 0 Å². The van der Waals surface area contributed by atoms with Crippen molar-refractivity contribution in [1.82, 2.24) is 10.2 Å². The second-order valence-electron chi connectivity index (χ2n) is 4.66. The van der Waals surface area contributed by atoms with Gasteiger partial charge in [0, 0.05) is 25.7 Å². The van der Waals surface area contributed by atoms with Crippen LogP contribution in [0, 0.1) is 5.92 Å². The summed E-state index contributed by atoms with van der Waals surface area (Å²) in [5.74, 6) is 0.871. The standard InChI is InChI=1S/C12H22N2/c1-11-12(6-5-7-13-11)10-14-8-3-2-4-9-14/h2-3,11-13H,4-10H2,1H3. The molecule has 0 radical (unpaired) electrons. The molecule has 0 bridgehead atoms. The van der Waals surface area contributed by atoms with Crippen LogP contribution in [-0.2, 0) is 0 Å². The molecular formula is C12H22N2. The zero-order valence-electron chi connectivity index (χ0n) is 9.21. The molecule has 0 spiro atoms. The van der Waals surface area contributed by atoms with Gasteiger partial charge in [-0.1, -0.05) is 12.2 Å². The van der Waals surface area contributed by atoms with Crippen LogP contribution in [-0.4, -0.2) is 37.1 Å². The van der Waals surface area contributed by atoms with E-state index in [9.17, 15) is 0 Å². The number of hydrogen-bond acceptors (Lipinski definition) is 2.